The summed E-state index contributed by atoms with van der Waals surface area (Å²) in [5, 5.41) is 0. The van der Waals surface area contributed by atoms with Gasteiger partial charge in [0, 0.05) is 6.61 Å². The third kappa shape index (κ3) is 7.77. The minimum absolute atomic E-state index is 0.800. The molecule has 0 saturated carbocycles. The Labute approximate surface area is 95.6 Å². The van der Waals surface area contributed by atoms with Gasteiger partial charge >= 0.3 is 8.56 Å². The van der Waals surface area contributed by atoms with E-state index in [2.05, 4.69) is 13.5 Å². The Hall–Kier alpha value is -0.123. The Kier molecular flexibility index (Phi) is 9.05. The van der Waals surface area contributed by atoms with Crippen molar-refractivity contribution in [3.8, 4) is 0 Å². The molecule has 1 aliphatic rings. The van der Waals surface area contributed by atoms with E-state index < -0.39 is 8.56 Å². The lowest BCUT2D eigenvalue weighted by atomic mass is 10.3. The number of rotatable bonds is 4. The molecule has 0 aliphatic carbocycles. The van der Waals surface area contributed by atoms with Gasteiger partial charge in [-0.25, -0.2) is 0 Å². The van der Waals surface area contributed by atoms with Crippen LogP contribution in [0.25, 0.3) is 0 Å². The fraction of sp³-hybridized carbons (Fsp3) is 0.833. The largest absolute Gasteiger partial charge is 0.411 e. The van der Waals surface area contributed by atoms with E-state index in [1.165, 1.54) is 19.3 Å². The summed E-state index contributed by atoms with van der Waals surface area (Å²) in [6.07, 6.45) is 7.68. The Morgan fingerprint density at radius 3 is 2.53 bits per heavy atom. The molecule has 0 radical (unpaired) electrons. The van der Waals surface area contributed by atoms with E-state index >= 15 is 0 Å². The van der Waals surface area contributed by atoms with Gasteiger partial charge in [-0.3, -0.25) is 0 Å². The van der Waals surface area contributed by atoms with Crippen LogP contribution in [0.5, 0.6) is 0 Å². The van der Waals surface area contributed by atoms with Crippen molar-refractivity contribution in [3.05, 3.63) is 12.7 Å². The number of hydrogen-bond acceptors (Lipinski definition) is 2. The van der Waals surface area contributed by atoms with Crippen LogP contribution < -0.4 is 0 Å². The SMILES string of the molecule is C=CC.CCCCC[Si]1(O)CCCCO1. The zero-order valence-corrected chi connectivity index (χ0v) is 11.3. The first kappa shape index (κ1) is 14.9. The summed E-state index contributed by atoms with van der Waals surface area (Å²) in [6.45, 7) is 8.24. The fourth-order valence-electron chi connectivity index (χ4n) is 1.69. The molecule has 1 heterocycles. The van der Waals surface area contributed by atoms with E-state index in [1.54, 1.807) is 6.08 Å². The molecule has 1 fully saturated rings. The summed E-state index contributed by atoms with van der Waals surface area (Å²) >= 11 is 0. The van der Waals surface area contributed by atoms with Crippen molar-refractivity contribution < 1.29 is 9.22 Å². The predicted octanol–water partition coefficient (Wildman–Crippen LogP) is 3.61. The summed E-state index contributed by atoms with van der Waals surface area (Å²) in [7, 11) is -2.17. The monoisotopic (exact) mass is 230 g/mol. The van der Waals surface area contributed by atoms with Crippen LogP contribution >= 0.6 is 0 Å². The third-order valence-corrected chi connectivity index (χ3v) is 5.51. The van der Waals surface area contributed by atoms with Crippen molar-refractivity contribution in [2.24, 2.45) is 0 Å². The predicted molar refractivity (Wildman–Crippen MR) is 68.2 cm³/mol. The molecule has 0 aromatic rings. The Balaban J connectivity index is 0.000000583. The Morgan fingerprint density at radius 1 is 1.40 bits per heavy atom. The molecular formula is C12H26O2Si. The van der Waals surface area contributed by atoms with Crippen molar-refractivity contribution >= 4 is 8.56 Å². The summed E-state index contributed by atoms with van der Waals surface area (Å²) < 4.78 is 5.51. The van der Waals surface area contributed by atoms with Gasteiger partial charge in [-0.05, 0) is 31.9 Å². The molecule has 1 saturated heterocycles. The minimum Gasteiger partial charge on any atom is -0.411 e. The molecule has 2 nitrogen and oxygen atoms in total. The molecule has 1 N–H and O–H groups in total. The maximum Gasteiger partial charge on any atom is 0.335 e. The molecule has 90 valence electrons. The van der Waals surface area contributed by atoms with Gasteiger partial charge in [0.2, 0.25) is 0 Å². The average molecular weight is 230 g/mol. The first-order valence-corrected chi connectivity index (χ1v) is 8.39. The lowest BCUT2D eigenvalue weighted by molar-refractivity contribution is 0.200. The zero-order chi connectivity index (χ0) is 11.6. The summed E-state index contributed by atoms with van der Waals surface area (Å²) in [5.41, 5.74) is 0. The van der Waals surface area contributed by atoms with E-state index in [0.29, 0.717) is 0 Å². The zero-order valence-electron chi connectivity index (χ0n) is 10.3. The van der Waals surface area contributed by atoms with Crippen molar-refractivity contribution in [2.45, 2.75) is 58.0 Å². The fourth-order valence-corrected chi connectivity index (χ4v) is 4.35. The standard InChI is InChI=1S/C9H20O2Si.C3H6/c1-2-3-5-8-12(10)9-6-4-7-11-12;1-3-2/h10H,2-9H2,1H3;3H,1H2,2H3. The van der Waals surface area contributed by atoms with Crippen LogP contribution in [0.4, 0.5) is 0 Å². The molecular weight excluding hydrogens is 204 g/mol. The second-order valence-corrected chi connectivity index (χ2v) is 7.30. The van der Waals surface area contributed by atoms with E-state index in [9.17, 15) is 4.80 Å². The molecule has 1 rings (SSSR count). The van der Waals surface area contributed by atoms with Gasteiger partial charge in [0.25, 0.3) is 0 Å². The Bertz CT molecular complexity index is 154. The van der Waals surface area contributed by atoms with E-state index in [0.717, 1.165) is 31.5 Å². The Morgan fingerprint density at radius 2 is 2.07 bits per heavy atom. The molecule has 0 aromatic heterocycles. The van der Waals surface area contributed by atoms with Crippen LogP contribution in [0.15, 0.2) is 12.7 Å². The van der Waals surface area contributed by atoms with Gasteiger partial charge in [-0.15, -0.1) is 6.58 Å². The number of allylic oxidation sites excluding steroid dienone is 1. The molecule has 0 spiro atoms. The molecule has 3 heteroatoms. The molecule has 0 amide bonds. The van der Waals surface area contributed by atoms with Crippen LogP contribution in [0.1, 0.15) is 46.0 Å². The van der Waals surface area contributed by atoms with Crippen molar-refractivity contribution in [1.82, 2.24) is 0 Å². The first-order chi connectivity index (χ1) is 7.18. The second kappa shape index (κ2) is 9.13. The highest BCUT2D eigenvalue weighted by Crippen LogP contribution is 2.24. The van der Waals surface area contributed by atoms with Crippen molar-refractivity contribution in [2.75, 3.05) is 6.61 Å². The number of hydrogen-bond donors (Lipinski definition) is 1. The molecule has 0 bridgehead atoms. The first-order valence-electron chi connectivity index (χ1n) is 6.12. The highest BCUT2D eigenvalue weighted by atomic mass is 28.4. The van der Waals surface area contributed by atoms with Crippen LogP contribution in [0.3, 0.4) is 0 Å². The number of unbranched alkanes of at least 4 members (excludes halogenated alkanes) is 2. The topological polar surface area (TPSA) is 29.5 Å². The van der Waals surface area contributed by atoms with Gasteiger partial charge in [0.15, 0.2) is 0 Å². The second-order valence-electron chi connectivity index (χ2n) is 4.12. The maximum absolute atomic E-state index is 10.0. The molecule has 1 aliphatic heterocycles. The highest BCUT2D eigenvalue weighted by molar-refractivity contribution is 6.66. The maximum atomic E-state index is 10.0. The van der Waals surface area contributed by atoms with Gasteiger partial charge < -0.3 is 9.22 Å². The van der Waals surface area contributed by atoms with Crippen LogP contribution in [-0.2, 0) is 4.43 Å². The molecule has 15 heavy (non-hydrogen) atoms. The van der Waals surface area contributed by atoms with Crippen molar-refractivity contribution in [1.29, 1.82) is 0 Å². The average Bonchev–Trinajstić information content (AvgIpc) is 2.20. The third-order valence-electron chi connectivity index (χ3n) is 2.50. The van der Waals surface area contributed by atoms with Crippen LogP contribution in [0, 0.1) is 0 Å². The summed E-state index contributed by atoms with van der Waals surface area (Å²) in [6, 6.07) is 1.93. The minimum atomic E-state index is -2.17. The van der Waals surface area contributed by atoms with E-state index in [1.807, 2.05) is 6.92 Å². The van der Waals surface area contributed by atoms with Gasteiger partial charge in [0.05, 0.1) is 0 Å². The van der Waals surface area contributed by atoms with Gasteiger partial charge in [-0.2, -0.15) is 0 Å². The quantitative estimate of drug-likeness (QED) is 0.454. The summed E-state index contributed by atoms with van der Waals surface area (Å²) in [4.78, 5) is 10.0. The van der Waals surface area contributed by atoms with Crippen molar-refractivity contribution in [3.63, 3.8) is 0 Å². The highest BCUT2D eigenvalue weighted by Gasteiger charge is 2.34. The smallest absolute Gasteiger partial charge is 0.335 e. The van der Waals surface area contributed by atoms with Gasteiger partial charge in [0.1, 0.15) is 0 Å². The van der Waals surface area contributed by atoms with Gasteiger partial charge in [-0.1, -0.05) is 32.3 Å². The summed E-state index contributed by atoms with van der Waals surface area (Å²) in [5.74, 6) is 0. The van der Waals surface area contributed by atoms with Crippen LogP contribution in [-0.4, -0.2) is 20.0 Å². The normalized spacial score (nSPS) is 25.3. The van der Waals surface area contributed by atoms with E-state index in [-0.39, 0.29) is 0 Å². The lowest BCUT2D eigenvalue weighted by Crippen LogP contribution is -2.41. The molecule has 1 atom stereocenters. The lowest BCUT2D eigenvalue weighted by Gasteiger charge is -2.28. The molecule has 1 unspecified atom stereocenters. The van der Waals surface area contributed by atoms with E-state index in [4.69, 9.17) is 4.43 Å². The van der Waals surface area contributed by atoms with Crippen LogP contribution in [0.2, 0.25) is 12.1 Å². The molecule has 0 aromatic carbocycles.